The third-order valence-electron chi connectivity index (χ3n) is 3.36. The zero-order chi connectivity index (χ0) is 14.6. The number of rotatable bonds is 5. The van der Waals surface area contributed by atoms with Crippen molar-refractivity contribution < 1.29 is 4.79 Å². The van der Waals surface area contributed by atoms with Gasteiger partial charge in [-0.1, -0.05) is 42.1 Å². The molecule has 0 radical (unpaired) electrons. The van der Waals surface area contributed by atoms with E-state index in [2.05, 4.69) is 34.6 Å². The van der Waals surface area contributed by atoms with Gasteiger partial charge in [0.15, 0.2) is 5.17 Å². The fourth-order valence-electron chi connectivity index (χ4n) is 1.88. The summed E-state index contributed by atoms with van der Waals surface area (Å²) < 4.78 is 0. The highest BCUT2D eigenvalue weighted by Gasteiger charge is 2.26. The van der Waals surface area contributed by atoms with E-state index in [1.807, 2.05) is 19.9 Å². The Balaban J connectivity index is 1.88. The molecule has 0 bridgehead atoms. The molecule has 3 N–H and O–H groups in total. The zero-order valence-electron chi connectivity index (χ0n) is 11.9. The number of thioether (sulfide) groups is 1. The SMILES string of the molecule is CC(C)(CN=C1NC(Cc2ccccc2)CS1)C(N)=O. The molecule has 1 atom stereocenters. The molecule has 1 aromatic rings. The van der Waals surface area contributed by atoms with Crippen LogP contribution in [-0.4, -0.2) is 29.4 Å². The number of hydrogen-bond donors (Lipinski definition) is 2. The maximum absolute atomic E-state index is 11.3. The fraction of sp³-hybridized carbons (Fsp3) is 0.467. The molecule has 1 saturated heterocycles. The summed E-state index contributed by atoms with van der Waals surface area (Å²) in [6.45, 7) is 4.07. The van der Waals surface area contributed by atoms with Crippen molar-refractivity contribution in [2.45, 2.75) is 26.3 Å². The minimum absolute atomic E-state index is 0.314. The van der Waals surface area contributed by atoms with Crippen molar-refractivity contribution in [3.05, 3.63) is 35.9 Å². The molecular formula is C15H21N3OS. The van der Waals surface area contributed by atoms with E-state index in [9.17, 15) is 4.79 Å². The Morgan fingerprint density at radius 2 is 2.15 bits per heavy atom. The number of amidine groups is 1. The van der Waals surface area contributed by atoms with Crippen molar-refractivity contribution in [3.8, 4) is 0 Å². The molecule has 0 aromatic heterocycles. The van der Waals surface area contributed by atoms with E-state index >= 15 is 0 Å². The standard InChI is InChI=1S/C15H21N3OS/c1-15(2,13(16)19)10-17-14-18-12(9-20-14)8-11-6-4-3-5-7-11/h3-7,12H,8-10H2,1-2H3,(H2,16,19)(H,17,18). The predicted molar refractivity (Wildman–Crippen MR) is 84.8 cm³/mol. The van der Waals surface area contributed by atoms with Crippen LogP contribution in [0, 0.1) is 5.41 Å². The molecule has 1 heterocycles. The monoisotopic (exact) mass is 291 g/mol. The van der Waals surface area contributed by atoms with Crippen LogP contribution < -0.4 is 11.1 Å². The first-order valence-corrected chi connectivity index (χ1v) is 7.73. The molecule has 20 heavy (non-hydrogen) atoms. The van der Waals surface area contributed by atoms with Crippen molar-refractivity contribution >= 4 is 22.8 Å². The van der Waals surface area contributed by atoms with E-state index in [1.165, 1.54) is 5.56 Å². The number of aliphatic imine (C=N–C) groups is 1. The zero-order valence-corrected chi connectivity index (χ0v) is 12.7. The maximum atomic E-state index is 11.3. The average Bonchev–Trinajstić information content (AvgIpc) is 2.85. The number of carbonyl (C=O) groups is 1. The summed E-state index contributed by atoms with van der Waals surface area (Å²) in [7, 11) is 0. The van der Waals surface area contributed by atoms with E-state index in [0.717, 1.165) is 17.3 Å². The van der Waals surface area contributed by atoms with Crippen molar-refractivity contribution in [1.29, 1.82) is 0 Å². The topological polar surface area (TPSA) is 67.5 Å². The average molecular weight is 291 g/mol. The van der Waals surface area contributed by atoms with Crippen LogP contribution in [0.15, 0.2) is 35.3 Å². The van der Waals surface area contributed by atoms with Crippen LogP contribution in [-0.2, 0) is 11.2 Å². The van der Waals surface area contributed by atoms with Gasteiger partial charge < -0.3 is 11.1 Å². The van der Waals surface area contributed by atoms with E-state index < -0.39 is 5.41 Å². The second-order valence-corrected chi connectivity index (χ2v) is 6.72. The summed E-state index contributed by atoms with van der Waals surface area (Å²) in [4.78, 5) is 15.7. The summed E-state index contributed by atoms with van der Waals surface area (Å²) in [5, 5.41) is 4.33. The lowest BCUT2D eigenvalue weighted by atomic mass is 9.93. The molecule has 0 aliphatic carbocycles. The minimum atomic E-state index is -0.591. The van der Waals surface area contributed by atoms with E-state index in [0.29, 0.717) is 12.6 Å². The van der Waals surface area contributed by atoms with Crippen LogP contribution in [0.1, 0.15) is 19.4 Å². The van der Waals surface area contributed by atoms with Crippen LogP contribution in [0.2, 0.25) is 0 Å². The summed E-state index contributed by atoms with van der Waals surface area (Å²) >= 11 is 1.71. The molecule has 5 heteroatoms. The Morgan fingerprint density at radius 1 is 1.45 bits per heavy atom. The van der Waals surface area contributed by atoms with Gasteiger partial charge >= 0.3 is 0 Å². The summed E-state index contributed by atoms with van der Waals surface area (Å²) in [5.74, 6) is 0.691. The van der Waals surface area contributed by atoms with Gasteiger partial charge in [-0.2, -0.15) is 0 Å². The first kappa shape index (κ1) is 14.9. The lowest BCUT2D eigenvalue weighted by Crippen LogP contribution is -2.35. The second kappa shape index (κ2) is 6.31. The molecule has 0 saturated carbocycles. The van der Waals surface area contributed by atoms with Crippen molar-refractivity contribution in [1.82, 2.24) is 5.32 Å². The highest BCUT2D eigenvalue weighted by Crippen LogP contribution is 2.20. The second-order valence-electron chi connectivity index (χ2n) is 5.71. The van der Waals surface area contributed by atoms with Crippen LogP contribution >= 0.6 is 11.8 Å². The van der Waals surface area contributed by atoms with Crippen molar-refractivity contribution in [2.24, 2.45) is 16.1 Å². The number of hydrogen-bond acceptors (Lipinski definition) is 3. The fourth-order valence-corrected chi connectivity index (χ4v) is 2.85. The number of carbonyl (C=O) groups excluding carboxylic acids is 1. The minimum Gasteiger partial charge on any atom is -0.369 e. The Labute approximate surface area is 124 Å². The van der Waals surface area contributed by atoms with Crippen molar-refractivity contribution in [2.75, 3.05) is 12.3 Å². The Kier molecular flexibility index (Phi) is 4.70. The van der Waals surface area contributed by atoms with Gasteiger partial charge in [-0.3, -0.25) is 9.79 Å². The smallest absolute Gasteiger partial charge is 0.224 e. The van der Waals surface area contributed by atoms with E-state index in [1.54, 1.807) is 11.8 Å². The highest BCUT2D eigenvalue weighted by atomic mass is 32.2. The summed E-state index contributed by atoms with van der Waals surface area (Å²) in [5.41, 5.74) is 6.08. The first-order chi connectivity index (χ1) is 9.47. The Morgan fingerprint density at radius 3 is 2.80 bits per heavy atom. The quantitative estimate of drug-likeness (QED) is 0.869. The summed E-state index contributed by atoms with van der Waals surface area (Å²) in [6.07, 6.45) is 0.992. The molecule has 1 unspecified atom stereocenters. The summed E-state index contributed by atoms with van der Waals surface area (Å²) in [6, 6.07) is 10.8. The Bertz CT molecular complexity index is 499. The number of amides is 1. The lowest BCUT2D eigenvalue weighted by molar-refractivity contribution is -0.125. The maximum Gasteiger partial charge on any atom is 0.224 e. The number of nitrogens with one attached hydrogen (secondary N) is 1. The largest absolute Gasteiger partial charge is 0.369 e. The van der Waals surface area contributed by atoms with Crippen LogP contribution in [0.4, 0.5) is 0 Å². The molecule has 4 nitrogen and oxygen atoms in total. The molecule has 2 rings (SSSR count). The number of nitrogens with two attached hydrogens (primary N) is 1. The van der Waals surface area contributed by atoms with E-state index in [4.69, 9.17) is 5.73 Å². The Hall–Kier alpha value is -1.49. The van der Waals surface area contributed by atoms with Gasteiger partial charge in [0, 0.05) is 11.8 Å². The van der Waals surface area contributed by atoms with Gasteiger partial charge in [0.05, 0.1) is 12.0 Å². The highest BCUT2D eigenvalue weighted by molar-refractivity contribution is 8.14. The van der Waals surface area contributed by atoms with Gasteiger partial charge in [0.1, 0.15) is 0 Å². The molecule has 1 amide bonds. The molecular weight excluding hydrogens is 270 g/mol. The molecule has 0 spiro atoms. The van der Waals surface area contributed by atoms with Gasteiger partial charge in [-0.15, -0.1) is 0 Å². The molecule has 1 aromatic carbocycles. The normalized spacial score (nSPS) is 20.9. The number of nitrogens with zero attached hydrogens (tertiary/aromatic N) is 1. The molecule has 1 fully saturated rings. The van der Waals surface area contributed by atoms with Crippen molar-refractivity contribution in [3.63, 3.8) is 0 Å². The predicted octanol–water partition coefficient (Wildman–Crippen LogP) is 1.80. The van der Waals surface area contributed by atoms with Crippen LogP contribution in [0.5, 0.6) is 0 Å². The van der Waals surface area contributed by atoms with Gasteiger partial charge in [0.25, 0.3) is 0 Å². The molecule has 108 valence electrons. The third kappa shape index (κ3) is 4.00. The third-order valence-corrected chi connectivity index (χ3v) is 4.45. The van der Waals surface area contributed by atoms with Crippen LogP contribution in [0.3, 0.4) is 0 Å². The van der Waals surface area contributed by atoms with Gasteiger partial charge in [-0.05, 0) is 25.8 Å². The van der Waals surface area contributed by atoms with Crippen LogP contribution in [0.25, 0.3) is 0 Å². The lowest BCUT2D eigenvalue weighted by Gasteiger charge is -2.17. The van der Waals surface area contributed by atoms with Gasteiger partial charge in [0.2, 0.25) is 5.91 Å². The molecule has 1 aliphatic rings. The number of primary amides is 1. The molecule has 1 aliphatic heterocycles. The van der Waals surface area contributed by atoms with E-state index in [-0.39, 0.29) is 5.91 Å². The van der Waals surface area contributed by atoms with Gasteiger partial charge in [-0.25, -0.2) is 0 Å². The number of benzene rings is 1. The first-order valence-electron chi connectivity index (χ1n) is 6.75.